The van der Waals surface area contributed by atoms with Gasteiger partial charge in [0.2, 0.25) is 27.7 Å². The number of carbonyl (C=O) groups excluding carboxylic acids is 4. The van der Waals surface area contributed by atoms with Crippen molar-refractivity contribution in [2.24, 2.45) is 5.92 Å². The van der Waals surface area contributed by atoms with Gasteiger partial charge in [0, 0.05) is 29.5 Å². The van der Waals surface area contributed by atoms with E-state index in [4.69, 9.17) is 14.6 Å². The standard InChI is InChI=1S/C38H47N7O8S/c1-23-19-32(45-33(39-23)28-14-9-10-15-29(28)42-45)52-26-20-31-34(46)41-38(36(48)43-54(50,51)27-17-18-27)21-24(38)11-5-3-2-4-6-16-30(35(47)44(31)22-26)40-37(49)53-25-12-7-8-13-25/h5,9-11,14-15,19,24-27,30-31H,2-4,6-8,12-13,16-18,20-22H2,1H3,(H,40,49)(H,41,46)(H,43,48)/b11-5-/t24-,26-,30+,31+,38-/m1/s1. The highest BCUT2D eigenvalue weighted by molar-refractivity contribution is 7.91. The Labute approximate surface area is 313 Å². The monoisotopic (exact) mass is 761 g/mol. The average Bonchev–Trinajstić information content (AvgIpc) is 3.95. The van der Waals surface area contributed by atoms with Gasteiger partial charge in [-0.2, -0.15) is 9.61 Å². The van der Waals surface area contributed by atoms with Crippen molar-refractivity contribution >= 4 is 50.4 Å². The molecule has 2 aliphatic heterocycles. The summed E-state index contributed by atoms with van der Waals surface area (Å²) in [4.78, 5) is 62.0. The quantitative estimate of drug-likeness (QED) is 0.300. The molecule has 288 valence electrons. The molecular weight excluding hydrogens is 715 g/mol. The molecule has 5 atom stereocenters. The lowest BCUT2D eigenvalue weighted by Crippen LogP contribution is -2.58. The Kier molecular flexibility index (Phi) is 9.73. The molecule has 8 rings (SSSR count). The molecule has 3 N–H and O–H groups in total. The highest BCUT2D eigenvalue weighted by atomic mass is 32.2. The van der Waals surface area contributed by atoms with E-state index in [-0.39, 0.29) is 25.5 Å². The second-order valence-corrected chi connectivity index (χ2v) is 17.5. The van der Waals surface area contributed by atoms with Crippen LogP contribution in [0.25, 0.3) is 16.6 Å². The SMILES string of the molecule is Cc1cc(O[C@@H]2C[C@H]3C(=O)N[C@]4(C(=O)NS(=O)(=O)C5CC5)C[C@H]4/C=C\CCCCC[C@H](NC(=O)OC4CCCC4)C(=O)N3C2)n2nc3ccccc3c2n1. The number of carbonyl (C=O) groups is 4. The number of allylic oxidation sites excluding steroid dienone is 1. The predicted octanol–water partition coefficient (Wildman–Crippen LogP) is 3.58. The Hall–Kier alpha value is -4.73. The molecular formula is C38H47N7O8S. The minimum Gasteiger partial charge on any atom is -0.472 e. The van der Waals surface area contributed by atoms with Gasteiger partial charge in [0.25, 0.3) is 5.91 Å². The van der Waals surface area contributed by atoms with Crippen molar-refractivity contribution in [1.29, 1.82) is 0 Å². The van der Waals surface area contributed by atoms with Crippen LogP contribution < -0.4 is 20.1 Å². The smallest absolute Gasteiger partial charge is 0.408 e. The number of rotatable bonds is 7. The third kappa shape index (κ3) is 7.36. The fourth-order valence-electron chi connectivity index (χ4n) is 8.16. The van der Waals surface area contributed by atoms with Crippen LogP contribution in [0.1, 0.15) is 89.2 Å². The molecule has 0 bridgehead atoms. The summed E-state index contributed by atoms with van der Waals surface area (Å²) in [5, 5.41) is 10.6. The van der Waals surface area contributed by atoms with Crippen LogP contribution in [0.15, 0.2) is 42.5 Å². The van der Waals surface area contributed by atoms with Gasteiger partial charge < -0.3 is 25.0 Å². The van der Waals surface area contributed by atoms with Gasteiger partial charge in [0.1, 0.15) is 29.8 Å². The molecule has 3 saturated carbocycles. The molecule has 1 aromatic carbocycles. The summed E-state index contributed by atoms with van der Waals surface area (Å²) in [6.45, 7) is 1.86. The summed E-state index contributed by atoms with van der Waals surface area (Å²) in [6, 6.07) is 7.30. The van der Waals surface area contributed by atoms with Crippen LogP contribution in [-0.2, 0) is 29.1 Å². The van der Waals surface area contributed by atoms with Crippen LogP contribution in [0.3, 0.4) is 0 Å². The highest BCUT2D eigenvalue weighted by Gasteiger charge is 2.62. The summed E-state index contributed by atoms with van der Waals surface area (Å²) in [6.07, 6.45) is 10.3. The molecule has 5 aliphatic rings. The van der Waals surface area contributed by atoms with Gasteiger partial charge in [-0.3, -0.25) is 19.1 Å². The van der Waals surface area contributed by atoms with E-state index in [0.29, 0.717) is 49.3 Å². The van der Waals surface area contributed by atoms with Crippen LogP contribution in [0.5, 0.6) is 5.88 Å². The number of aryl methyl sites for hydroxylation is 1. The van der Waals surface area contributed by atoms with Gasteiger partial charge in [-0.05, 0) is 83.3 Å². The van der Waals surface area contributed by atoms with E-state index in [2.05, 4.69) is 20.3 Å². The maximum Gasteiger partial charge on any atom is 0.408 e. The fourth-order valence-corrected chi connectivity index (χ4v) is 9.52. The fraction of sp³-hybridized carbons (Fsp3) is 0.579. The van der Waals surface area contributed by atoms with E-state index in [0.717, 1.165) is 49.4 Å². The van der Waals surface area contributed by atoms with E-state index in [1.165, 1.54) is 4.90 Å². The summed E-state index contributed by atoms with van der Waals surface area (Å²) in [7, 11) is -3.88. The predicted molar refractivity (Wildman–Crippen MR) is 197 cm³/mol. The zero-order valence-corrected chi connectivity index (χ0v) is 31.2. The number of ether oxygens (including phenoxy) is 2. The molecule has 2 aromatic heterocycles. The second-order valence-electron chi connectivity index (χ2n) is 15.5. The third-order valence-electron chi connectivity index (χ3n) is 11.4. The number of fused-ring (bicyclic) bond motifs is 5. The third-order valence-corrected chi connectivity index (χ3v) is 13.2. The Morgan fingerprint density at radius 1 is 1.00 bits per heavy atom. The molecule has 16 heteroatoms. The molecule has 3 aliphatic carbocycles. The normalized spacial score (nSPS) is 28.7. The lowest BCUT2D eigenvalue weighted by Gasteiger charge is -2.30. The number of hydrogen-bond donors (Lipinski definition) is 3. The molecule has 1 saturated heterocycles. The number of benzene rings is 1. The molecule has 0 unspecified atom stereocenters. The van der Waals surface area contributed by atoms with Gasteiger partial charge in [0.05, 0.1) is 17.3 Å². The van der Waals surface area contributed by atoms with Gasteiger partial charge in [0.15, 0.2) is 5.65 Å². The summed E-state index contributed by atoms with van der Waals surface area (Å²) >= 11 is 0. The highest BCUT2D eigenvalue weighted by Crippen LogP contribution is 2.46. The molecule has 54 heavy (non-hydrogen) atoms. The summed E-state index contributed by atoms with van der Waals surface area (Å²) in [5.74, 6) is -1.87. The Morgan fingerprint density at radius 2 is 1.78 bits per heavy atom. The van der Waals surface area contributed by atoms with Crippen LogP contribution >= 0.6 is 0 Å². The number of nitrogens with zero attached hydrogens (tertiary/aromatic N) is 4. The molecule has 0 radical (unpaired) electrons. The van der Waals surface area contributed by atoms with Crippen molar-refractivity contribution < 1.29 is 37.1 Å². The lowest BCUT2D eigenvalue weighted by molar-refractivity contribution is -0.141. The first-order valence-corrected chi connectivity index (χ1v) is 20.8. The van der Waals surface area contributed by atoms with E-state index >= 15 is 0 Å². The zero-order chi connectivity index (χ0) is 37.6. The van der Waals surface area contributed by atoms with E-state index in [1.54, 1.807) is 10.6 Å². The molecule has 4 heterocycles. The van der Waals surface area contributed by atoms with Gasteiger partial charge >= 0.3 is 6.09 Å². The lowest BCUT2D eigenvalue weighted by atomic mass is 10.0. The number of nitrogens with one attached hydrogen (secondary N) is 3. The number of amides is 4. The van der Waals surface area contributed by atoms with Crippen molar-refractivity contribution in [2.45, 2.75) is 125 Å². The number of hydrogen-bond acceptors (Lipinski definition) is 10. The second kappa shape index (κ2) is 14.5. The average molecular weight is 762 g/mol. The number of alkyl carbamates (subject to hydrolysis) is 1. The Bertz CT molecular complexity index is 2110. The molecule has 3 aromatic rings. The minimum atomic E-state index is -3.88. The first-order valence-electron chi connectivity index (χ1n) is 19.2. The summed E-state index contributed by atoms with van der Waals surface area (Å²) in [5.41, 5.74) is 0.536. The maximum absolute atomic E-state index is 14.6. The van der Waals surface area contributed by atoms with Gasteiger partial charge in [-0.15, -0.1) is 0 Å². The largest absolute Gasteiger partial charge is 0.472 e. The van der Waals surface area contributed by atoms with Crippen LogP contribution in [0.4, 0.5) is 4.79 Å². The minimum absolute atomic E-state index is 0.00894. The van der Waals surface area contributed by atoms with Crippen LogP contribution in [0, 0.1) is 12.8 Å². The first-order chi connectivity index (χ1) is 26.0. The Balaban J connectivity index is 1.10. The maximum atomic E-state index is 14.6. The van der Waals surface area contributed by atoms with E-state index in [9.17, 15) is 27.6 Å². The van der Waals surface area contributed by atoms with Crippen molar-refractivity contribution in [3.63, 3.8) is 0 Å². The Morgan fingerprint density at radius 3 is 2.57 bits per heavy atom. The van der Waals surface area contributed by atoms with Crippen LogP contribution in [-0.4, -0.2) is 93.4 Å². The van der Waals surface area contributed by atoms with Crippen molar-refractivity contribution in [3.8, 4) is 5.88 Å². The van der Waals surface area contributed by atoms with E-state index in [1.807, 2.05) is 43.3 Å². The van der Waals surface area contributed by atoms with Crippen molar-refractivity contribution in [2.75, 3.05) is 6.54 Å². The number of aromatic nitrogens is 3. The topological polar surface area (TPSA) is 190 Å². The molecule has 0 spiro atoms. The molecule has 4 amide bonds. The van der Waals surface area contributed by atoms with Gasteiger partial charge in [-0.25, -0.2) is 18.2 Å². The number of sulfonamides is 1. The van der Waals surface area contributed by atoms with E-state index < -0.39 is 68.7 Å². The molecule has 4 fully saturated rings. The first kappa shape index (κ1) is 36.3. The molecule has 15 nitrogen and oxygen atoms in total. The van der Waals surface area contributed by atoms with Gasteiger partial charge in [-0.1, -0.05) is 37.1 Å². The van der Waals surface area contributed by atoms with Crippen LogP contribution in [0.2, 0.25) is 0 Å². The van der Waals surface area contributed by atoms with Crippen molar-refractivity contribution in [1.82, 2.24) is 34.9 Å². The summed E-state index contributed by atoms with van der Waals surface area (Å²) < 4.78 is 41.8. The van der Waals surface area contributed by atoms with Crippen molar-refractivity contribution in [3.05, 3.63) is 48.2 Å². The zero-order valence-electron chi connectivity index (χ0n) is 30.4.